The van der Waals surface area contributed by atoms with Crippen molar-refractivity contribution in [2.45, 2.75) is 6.42 Å². The molecule has 0 fully saturated rings. The molecule has 0 atom stereocenters. The molecule has 1 aromatic carbocycles. The van der Waals surface area contributed by atoms with E-state index in [1.54, 1.807) is 6.07 Å². The third kappa shape index (κ3) is 2.91. The molecule has 2 nitrogen and oxygen atoms in total. The summed E-state index contributed by atoms with van der Waals surface area (Å²) in [6, 6.07) is 2.99. The van der Waals surface area contributed by atoms with Crippen LogP contribution in [0.2, 0.25) is 0 Å². The number of hydrogen-bond donors (Lipinski definition) is 1. The fourth-order valence-corrected chi connectivity index (χ4v) is 2.48. The van der Waals surface area contributed by atoms with Crippen LogP contribution in [0.1, 0.15) is 5.56 Å². The largest absolute Gasteiger partial charge is 0.481 e. The second kappa shape index (κ2) is 4.36. The maximum atomic E-state index is 13.2. The topological polar surface area (TPSA) is 37.3 Å². The number of rotatable bonds is 2. The van der Waals surface area contributed by atoms with E-state index in [2.05, 4.69) is 15.9 Å². The summed E-state index contributed by atoms with van der Waals surface area (Å²) in [6.45, 7) is 0. The predicted molar refractivity (Wildman–Crippen MR) is 58.2 cm³/mol. The van der Waals surface area contributed by atoms with Crippen LogP contribution in [-0.2, 0) is 11.2 Å². The highest BCUT2D eigenvalue weighted by molar-refractivity contribution is 14.1. The summed E-state index contributed by atoms with van der Waals surface area (Å²) in [7, 11) is 0. The van der Waals surface area contributed by atoms with E-state index in [-0.39, 0.29) is 12.0 Å². The molecule has 0 heterocycles. The van der Waals surface area contributed by atoms with E-state index < -0.39 is 11.8 Å². The number of aliphatic carboxylic acids is 1. The lowest BCUT2D eigenvalue weighted by Crippen LogP contribution is -2.03. The third-order valence-electron chi connectivity index (χ3n) is 1.43. The zero-order valence-corrected chi connectivity index (χ0v) is 10.1. The highest BCUT2D eigenvalue weighted by Crippen LogP contribution is 2.23. The lowest BCUT2D eigenvalue weighted by atomic mass is 10.1. The molecular formula is C8H5BrFIO2. The van der Waals surface area contributed by atoms with Crippen molar-refractivity contribution < 1.29 is 14.3 Å². The zero-order chi connectivity index (χ0) is 10.0. The first-order valence-corrected chi connectivity index (χ1v) is 5.23. The third-order valence-corrected chi connectivity index (χ3v) is 2.76. The Kier molecular flexibility index (Phi) is 3.66. The number of carboxylic acids is 1. The molecule has 70 valence electrons. The van der Waals surface area contributed by atoms with Crippen LogP contribution in [0.4, 0.5) is 4.39 Å². The van der Waals surface area contributed by atoms with Gasteiger partial charge in [0.25, 0.3) is 0 Å². The van der Waals surface area contributed by atoms with Gasteiger partial charge in [0, 0.05) is 13.6 Å². The Balaban J connectivity index is 3.13. The standard InChI is InChI=1S/C8H5BrFIO2/c9-6-1-4(11)2-7(10)5(6)3-8(12)13/h1-2H,3H2,(H,12,13). The molecule has 1 aromatic rings. The highest BCUT2D eigenvalue weighted by Gasteiger charge is 2.11. The Morgan fingerprint density at radius 1 is 1.62 bits per heavy atom. The van der Waals surface area contributed by atoms with E-state index >= 15 is 0 Å². The fourth-order valence-electron chi connectivity index (χ4n) is 0.892. The molecule has 0 bridgehead atoms. The second-order valence-electron chi connectivity index (χ2n) is 2.42. The molecule has 1 rings (SSSR count). The molecule has 0 amide bonds. The van der Waals surface area contributed by atoms with Crippen molar-refractivity contribution in [3.63, 3.8) is 0 Å². The summed E-state index contributed by atoms with van der Waals surface area (Å²) in [4.78, 5) is 10.4. The van der Waals surface area contributed by atoms with E-state index in [1.165, 1.54) is 6.07 Å². The number of carboxylic acid groups (broad SMARTS) is 1. The molecule has 0 saturated carbocycles. The van der Waals surface area contributed by atoms with Crippen LogP contribution in [0.3, 0.4) is 0 Å². The van der Waals surface area contributed by atoms with Gasteiger partial charge in [0.05, 0.1) is 6.42 Å². The van der Waals surface area contributed by atoms with Gasteiger partial charge in [-0.05, 0) is 34.7 Å². The van der Waals surface area contributed by atoms with Crippen LogP contribution in [-0.4, -0.2) is 11.1 Å². The van der Waals surface area contributed by atoms with Crippen LogP contribution >= 0.6 is 38.5 Å². The van der Waals surface area contributed by atoms with Crippen molar-refractivity contribution in [3.8, 4) is 0 Å². The minimum Gasteiger partial charge on any atom is -0.481 e. The maximum absolute atomic E-state index is 13.2. The van der Waals surface area contributed by atoms with Crippen molar-refractivity contribution in [2.75, 3.05) is 0 Å². The van der Waals surface area contributed by atoms with Gasteiger partial charge in [-0.25, -0.2) is 4.39 Å². The number of hydrogen-bond acceptors (Lipinski definition) is 1. The molecule has 1 N–H and O–H groups in total. The quantitative estimate of drug-likeness (QED) is 0.825. The molecule has 0 spiro atoms. The average Bonchev–Trinajstić information content (AvgIpc) is 1.96. The molecule has 0 aliphatic rings. The van der Waals surface area contributed by atoms with Gasteiger partial charge < -0.3 is 5.11 Å². The fraction of sp³-hybridized carbons (Fsp3) is 0.125. The summed E-state index contributed by atoms with van der Waals surface area (Å²) in [6.07, 6.45) is -0.302. The minimum atomic E-state index is -1.04. The highest BCUT2D eigenvalue weighted by atomic mass is 127. The van der Waals surface area contributed by atoms with Crippen molar-refractivity contribution in [1.29, 1.82) is 0 Å². The van der Waals surface area contributed by atoms with Crippen molar-refractivity contribution in [1.82, 2.24) is 0 Å². The first kappa shape index (κ1) is 10.9. The SMILES string of the molecule is O=C(O)Cc1c(F)cc(I)cc1Br. The van der Waals surface area contributed by atoms with E-state index in [9.17, 15) is 9.18 Å². The summed E-state index contributed by atoms with van der Waals surface area (Å²) >= 11 is 5.08. The monoisotopic (exact) mass is 358 g/mol. The second-order valence-corrected chi connectivity index (χ2v) is 4.52. The van der Waals surface area contributed by atoms with Crippen LogP contribution in [0, 0.1) is 9.39 Å². The molecular weight excluding hydrogens is 354 g/mol. The Labute approximate surface area is 96.4 Å². The van der Waals surface area contributed by atoms with Crippen LogP contribution in [0.15, 0.2) is 16.6 Å². The van der Waals surface area contributed by atoms with Gasteiger partial charge in [-0.15, -0.1) is 0 Å². The lowest BCUT2D eigenvalue weighted by Gasteiger charge is -2.03. The van der Waals surface area contributed by atoms with E-state index in [1.807, 2.05) is 22.6 Å². The molecule has 0 saturated heterocycles. The van der Waals surface area contributed by atoms with E-state index in [0.717, 1.165) is 3.57 Å². The van der Waals surface area contributed by atoms with Crippen molar-refractivity contribution in [2.24, 2.45) is 0 Å². The van der Waals surface area contributed by atoms with Crippen molar-refractivity contribution >= 4 is 44.5 Å². The Morgan fingerprint density at radius 2 is 2.23 bits per heavy atom. The maximum Gasteiger partial charge on any atom is 0.307 e. The Bertz CT molecular complexity index is 331. The van der Waals surface area contributed by atoms with Gasteiger partial charge in [-0.3, -0.25) is 4.79 Å². The first-order valence-electron chi connectivity index (χ1n) is 3.36. The minimum absolute atomic E-state index is 0.188. The molecule has 13 heavy (non-hydrogen) atoms. The van der Waals surface area contributed by atoms with Gasteiger partial charge in [-0.2, -0.15) is 0 Å². The van der Waals surface area contributed by atoms with Crippen LogP contribution in [0.5, 0.6) is 0 Å². The first-order chi connectivity index (χ1) is 6.00. The van der Waals surface area contributed by atoms with Gasteiger partial charge in [-0.1, -0.05) is 15.9 Å². The summed E-state index contributed by atoms with van der Waals surface area (Å²) < 4.78 is 14.4. The van der Waals surface area contributed by atoms with Crippen LogP contribution in [0.25, 0.3) is 0 Å². The number of benzene rings is 1. The molecule has 5 heteroatoms. The summed E-state index contributed by atoms with van der Waals surface area (Å²) in [5, 5.41) is 8.50. The van der Waals surface area contributed by atoms with Gasteiger partial charge in [0.1, 0.15) is 5.82 Å². The normalized spacial score (nSPS) is 10.1. The zero-order valence-electron chi connectivity index (χ0n) is 6.35. The smallest absolute Gasteiger partial charge is 0.307 e. The molecule has 0 aliphatic carbocycles. The van der Waals surface area contributed by atoms with Crippen molar-refractivity contribution in [3.05, 3.63) is 31.6 Å². The number of halogens is 3. The van der Waals surface area contributed by atoms with Crippen LogP contribution < -0.4 is 0 Å². The van der Waals surface area contributed by atoms with E-state index in [0.29, 0.717) is 4.47 Å². The van der Waals surface area contributed by atoms with Gasteiger partial charge in [0.15, 0.2) is 0 Å². The predicted octanol–water partition coefficient (Wildman–Crippen LogP) is 2.82. The molecule has 0 unspecified atom stereocenters. The lowest BCUT2D eigenvalue weighted by molar-refractivity contribution is -0.136. The molecule has 0 radical (unpaired) electrons. The Hall–Kier alpha value is -0.170. The van der Waals surface area contributed by atoms with Gasteiger partial charge in [0.2, 0.25) is 0 Å². The Morgan fingerprint density at radius 3 is 2.69 bits per heavy atom. The van der Waals surface area contributed by atoms with E-state index in [4.69, 9.17) is 5.11 Å². The number of carbonyl (C=O) groups is 1. The molecule has 0 aromatic heterocycles. The molecule has 0 aliphatic heterocycles. The average molecular weight is 359 g/mol. The summed E-state index contributed by atoms with van der Waals surface area (Å²) in [5.41, 5.74) is 0.188. The van der Waals surface area contributed by atoms with Gasteiger partial charge >= 0.3 is 5.97 Å². The summed E-state index contributed by atoms with van der Waals surface area (Å²) in [5.74, 6) is -1.53.